The summed E-state index contributed by atoms with van der Waals surface area (Å²) in [5.74, 6) is 1.74. The summed E-state index contributed by atoms with van der Waals surface area (Å²) in [6.45, 7) is 0.406. The topological polar surface area (TPSA) is 63.8 Å². The fourth-order valence-electron chi connectivity index (χ4n) is 3.25. The van der Waals surface area contributed by atoms with Crippen LogP contribution >= 0.6 is 0 Å². The van der Waals surface area contributed by atoms with E-state index in [1.807, 2.05) is 60.7 Å². The zero-order valence-electron chi connectivity index (χ0n) is 15.9. The Hall–Kier alpha value is -4.06. The number of nitrogens with one attached hydrogen (secondary N) is 1. The highest BCUT2D eigenvalue weighted by Gasteiger charge is 2.11. The third-order valence-corrected chi connectivity index (χ3v) is 4.76. The molecule has 0 unspecified atom stereocenters. The number of fused-ring (bicyclic) bond motifs is 1. The zero-order chi connectivity index (χ0) is 20.3. The van der Waals surface area contributed by atoms with E-state index in [2.05, 4.69) is 10.5 Å². The average Bonchev–Trinajstić information content (AvgIpc) is 3.27. The number of rotatable bonds is 5. The first-order valence-electron chi connectivity index (χ1n) is 9.54. The van der Waals surface area contributed by atoms with Crippen LogP contribution in [-0.4, -0.2) is 15.1 Å². The van der Waals surface area contributed by atoms with E-state index in [1.54, 1.807) is 12.1 Å². The van der Waals surface area contributed by atoms with Gasteiger partial charge in [-0.05, 0) is 36.4 Å². The van der Waals surface area contributed by atoms with Gasteiger partial charge in [0, 0.05) is 22.6 Å². The van der Waals surface area contributed by atoms with Crippen LogP contribution in [0.3, 0.4) is 0 Å². The number of halogens is 1. The van der Waals surface area contributed by atoms with Crippen LogP contribution in [0.5, 0.6) is 0 Å². The van der Waals surface area contributed by atoms with Gasteiger partial charge in [-0.25, -0.2) is 14.4 Å². The van der Waals surface area contributed by atoms with Crippen molar-refractivity contribution in [3.8, 4) is 22.6 Å². The van der Waals surface area contributed by atoms with Crippen LogP contribution in [0.15, 0.2) is 89.5 Å². The highest BCUT2D eigenvalue weighted by atomic mass is 19.1. The molecule has 0 bridgehead atoms. The smallest absolute Gasteiger partial charge is 0.162 e. The maximum absolute atomic E-state index is 13.1. The lowest BCUT2D eigenvalue weighted by Crippen LogP contribution is -2.03. The molecule has 30 heavy (non-hydrogen) atoms. The number of nitrogens with zero attached hydrogens (tertiary/aromatic N) is 3. The van der Waals surface area contributed by atoms with Crippen molar-refractivity contribution in [3.05, 3.63) is 96.5 Å². The molecule has 0 aliphatic carbocycles. The number of benzene rings is 3. The van der Waals surface area contributed by atoms with E-state index in [-0.39, 0.29) is 5.82 Å². The lowest BCUT2D eigenvalue weighted by molar-refractivity contribution is 0.390. The quantitative estimate of drug-likeness (QED) is 0.413. The first-order valence-corrected chi connectivity index (χ1v) is 9.54. The van der Waals surface area contributed by atoms with Crippen molar-refractivity contribution >= 4 is 16.7 Å². The summed E-state index contributed by atoms with van der Waals surface area (Å²) in [5, 5.41) is 8.36. The van der Waals surface area contributed by atoms with Crippen LogP contribution < -0.4 is 5.32 Å². The van der Waals surface area contributed by atoms with Gasteiger partial charge in [-0.3, -0.25) is 0 Å². The fourth-order valence-corrected chi connectivity index (χ4v) is 3.25. The first-order chi connectivity index (χ1) is 14.8. The van der Waals surface area contributed by atoms with Gasteiger partial charge in [0.25, 0.3) is 0 Å². The molecule has 0 saturated heterocycles. The van der Waals surface area contributed by atoms with Gasteiger partial charge in [0.05, 0.1) is 12.1 Å². The predicted octanol–water partition coefficient (Wildman–Crippen LogP) is 5.70. The van der Waals surface area contributed by atoms with E-state index in [4.69, 9.17) is 14.5 Å². The van der Waals surface area contributed by atoms with E-state index in [0.717, 1.165) is 27.8 Å². The van der Waals surface area contributed by atoms with E-state index in [0.29, 0.717) is 23.8 Å². The molecule has 0 radical (unpaired) electrons. The van der Waals surface area contributed by atoms with Gasteiger partial charge in [-0.15, -0.1) is 0 Å². The molecule has 2 heterocycles. The number of anilines is 1. The lowest BCUT2D eigenvalue weighted by atomic mass is 10.1. The molecule has 5 aromatic rings. The van der Waals surface area contributed by atoms with Crippen molar-refractivity contribution in [2.75, 3.05) is 5.32 Å². The van der Waals surface area contributed by atoms with Crippen LogP contribution in [0, 0.1) is 5.82 Å². The Kier molecular flexibility index (Phi) is 4.65. The predicted molar refractivity (Wildman–Crippen MR) is 114 cm³/mol. The number of hydrogen-bond acceptors (Lipinski definition) is 5. The van der Waals surface area contributed by atoms with Gasteiger partial charge < -0.3 is 9.84 Å². The van der Waals surface area contributed by atoms with Gasteiger partial charge in [0.2, 0.25) is 0 Å². The molecule has 1 N–H and O–H groups in total. The number of hydrogen-bond donors (Lipinski definition) is 1. The summed E-state index contributed by atoms with van der Waals surface area (Å²) < 4.78 is 18.6. The molecule has 0 aliphatic rings. The van der Waals surface area contributed by atoms with Crippen molar-refractivity contribution in [2.45, 2.75) is 6.54 Å². The molecule has 0 saturated carbocycles. The largest absolute Gasteiger partial charge is 0.362 e. The van der Waals surface area contributed by atoms with E-state index < -0.39 is 0 Å². The second-order valence-electron chi connectivity index (χ2n) is 6.82. The molecule has 0 amide bonds. The molecule has 5 rings (SSSR count). The van der Waals surface area contributed by atoms with E-state index >= 15 is 0 Å². The SMILES string of the molecule is Fc1ccc(-c2cc(CNc3nc(-c4ccccc4)nc4ccccc34)on2)cc1. The molecule has 0 aliphatic heterocycles. The van der Waals surface area contributed by atoms with Crippen molar-refractivity contribution in [3.63, 3.8) is 0 Å². The molecule has 6 heteroatoms. The number of aromatic nitrogens is 3. The van der Waals surface area contributed by atoms with Crippen molar-refractivity contribution in [1.82, 2.24) is 15.1 Å². The van der Waals surface area contributed by atoms with Crippen molar-refractivity contribution < 1.29 is 8.91 Å². The first kappa shape index (κ1) is 18.0. The molecule has 0 fully saturated rings. The van der Waals surface area contributed by atoms with Crippen LogP contribution in [0.25, 0.3) is 33.5 Å². The van der Waals surface area contributed by atoms with E-state index in [9.17, 15) is 4.39 Å². The highest BCUT2D eigenvalue weighted by Crippen LogP contribution is 2.26. The van der Waals surface area contributed by atoms with Crippen LogP contribution in [0.1, 0.15) is 5.76 Å². The molecule has 0 atom stereocenters. The normalized spacial score (nSPS) is 11.0. The molecule has 3 aromatic carbocycles. The third kappa shape index (κ3) is 3.63. The minimum atomic E-state index is -0.283. The van der Waals surface area contributed by atoms with Gasteiger partial charge in [-0.2, -0.15) is 0 Å². The summed E-state index contributed by atoms with van der Waals surface area (Å²) in [4.78, 5) is 9.43. The molecule has 0 spiro atoms. The maximum atomic E-state index is 13.1. The minimum Gasteiger partial charge on any atom is -0.362 e. The third-order valence-electron chi connectivity index (χ3n) is 4.76. The summed E-state index contributed by atoms with van der Waals surface area (Å²) in [6, 6.07) is 25.7. The summed E-state index contributed by atoms with van der Waals surface area (Å²) >= 11 is 0. The Morgan fingerprint density at radius 3 is 2.40 bits per heavy atom. The van der Waals surface area contributed by atoms with Crippen LogP contribution in [0.4, 0.5) is 10.2 Å². The monoisotopic (exact) mass is 396 g/mol. The zero-order valence-corrected chi connectivity index (χ0v) is 15.9. The standard InChI is InChI=1S/C24H17FN4O/c25-18-12-10-16(11-13-18)22-14-19(30-29-22)15-26-24-20-8-4-5-9-21(20)27-23(28-24)17-6-2-1-3-7-17/h1-14H,15H2,(H,26,27,28). The summed E-state index contributed by atoms with van der Waals surface area (Å²) in [7, 11) is 0. The highest BCUT2D eigenvalue weighted by molar-refractivity contribution is 5.90. The Morgan fingerprint density at radius 1 is 0.800 bits per heavy atom. The molecule has 2 aromatic heterocycles. The van der Waals surface area contributed by atoms with Crippen molar-refractivity contribution in [2.24, 2.45) is 0 Å². The Balaban J connectivity index is 1.43. The average molecular weight is 396 g/mol. The van der Waals surface area contributed by atoms with Crippen LogP contribution in [-0.2, 0) is 6.54 Å². The summed E-state index contributed by atoms with van der Waals surface area (Å²) in [5.41, 5.74) is 3.26. The fraction of sp³-hybridized carbons (Fsp3) is 0.0417. The van der Waals surface area contributed by atoms with Crippen LogP contribution in [0.2, 0.25) is 0 Å². The Morgan fingerprint density at radius 2 is 1.57 bits per heavy atom. The second kappa shape index (κ2) is 7.75. The Bertz CT molecular complexity index is 1300. The van der Waals surface area contributed by atoms with Crippen molar-refractivity contribution in [1.29, 1.82) is 0 Å². The Labute approximate surface area is 172 Å². The maximum Gasteiger partial charge on any atom is 0.162 e. The lowest BCUT2D eigenvalue weighted by Gasteiger charge is -2.10. The van der Waals surface area contributed by atoms with Gasteiger partial charge in [0.1, 0.15) is 17.3 Å². The van der Waals surface area contributed by atoms with Gasteiger partial charge in [-0.1, -0.05) is 47.6 Å². The van der Waals surface area contributed by atoms with E-state index in [1.165, 1.54) is 12.1 Å². The summed E-state index contributed by atoms with van der Waals surface area (Å²) in [6.07, 6.45) is 0. The minimum absolute atomic E-state index is 0.283. The second-order valence-corrected chi connectivity index (χ2v) is 6.82. The molecule has 5 nitrogen and oxygen atoms in total. The molecular formula is C24H17FN4O. The van der Waals surface area contributed by atoms with Gasteiger partial charge >= 0.3 is 0 Å². The van der Waals surface area contributed by atoms with Gasteiger partial charge in [0.15, 0.2) is 11.6 Å². The molecule has 146 valence electrons. The molecular weight excluding hydrogens is 379 g/mol. The number of para-hydroxylation sites is 1.